The van der Waals surface area contributed by atoms with Crippen LogP contribution in [0, 0.1) is 0 Å². The van der Waals surface area contributed by atoms with Crippen molar-refractivity contribution in [1.29, 1.82) is 0 Å². The minimum atomic E-state index is -0.192. The van der Waals surface area contributed by atoms with Crippen molar-refractivity contribution in [2.45, 2.75) is 38.5 Å². The number of rotatable bonds is 5. The quantitative estimate of drug-likeness (QED) is 0.589. The number of halogens is 2. The summed E-state index contributed by atoms with van der Waals surface area (Å²) in [5.41, 5.74) is 1.69. The van der Waals surface area contributed by atoms with Crippen molar-refractivity contribution in [2.75, 3.05) is 6.54 Å². The number of carbonyl (C=O) groups excluding carboxylic acids is 1. The van der Waals surface area contributed by atoms with Crippen molar-refractivity contribution in [3.05, 3.63) is 43.0 Å². The lowest BCUT2D eigenvalue weighted by Gasteiger charge is -2.06. The molecule has 7 heteroatoms. The Morgan fingerprint density at radius 3 is 3.04 bits per heavy atom. The largest absolute Gasteiger partial charge is 0.352 e. The van der Waals surface area contributed by atoms with Crippen molar-refractivity contribution in [3.63, 3.8) is 0 Å². The average Bonchev–Trinajstić information content (AvgIpc) is 2.96. The van der Waals surface area contributed by atoms with Crippen molar-refractivity contribution in [3.8, 4) is 0 Å². The number of hydrogen-bond donors (Lipinski definition) is 1. The molecule has 1 aliphatic carbocycles. The van der Waals surface area contributed by atoms with E-state index in [2.05, 4.69) is 26.2 Å². The third-order valence-electron chi connectivity index (χ3n) is 3.79. The van der Waals surface area contributed by atoms with Gasteiger partial charge in [-0.05, 0) is 54.1 Å². The summed E-state index contributed by atoms with van der Waals surface area (Å²) in [6.07, 6.45) is 8.19. The molecule has 23 heavy (non-hydrogen) atoms. The Kier molecular flexibility index (Phi) is 5.67. The predicted octanol–water partition coefficient (Wildman–Crippen LogP) is 4.20. The highest BCUT2D eigenvalue weighted by Crippen LogP contribution is 2.27. The summed E-state index contributed by atoms with van der Waals surface area (Å²) in [5.74, 6) is -0.192. The van der Waals surface area contributed by atoms with Crippen LogP contribution in [-0.2, 0) is 19.3 Å². The summed E-state index contributed by atoms with van der Waals surface area (Å²) in [5, 5.41) is 4.30. The van der Waals surface area contributed by atoms with Crippen LogP contribution in [-0.4, -0.2) is 22.4 Å². The first kappa shape index (κ1) is 16.9. The van der Waals surface area contributed by atoms with Crippen LogP contribution in [0.4, 0.5) is 0 Å². The maximum atomic E-state index is 12.1. The van der Waals surface area contributed by atoms with Gasteiger partial charge in [0.15, 0.2) is 0 Å². The number of fused-ring (bicyclic) bond motifs is 1. The van der Waals surface area contributed by atoms with E-state index in [9.17, 15) is 4.79 Å². The third-order valence-corrected chi connectivity index (χ3v) is 5.75. The smallest absolute Gasteiger partial charge is 0.254 e. The summed E-state index contributed by atoms with van der Waals surface area (Å²) < 4.78 is 0.736. The van der Waals surface area contributed by atoms with E-state index in [1.54, 1.807) is 12.3 Å². The minimum Gasteiger partial charge on any atom is -0.352 e. The van der Waals surface area contributed by atoms with E-state index in [0.29, 0.717) is 12.1 Å². The molecule has 0 saturated heterocycles. The molecule has 1 aliphatic rings. The average molecular weight is 415 g/mol. The number of aromatic nitrogens is 2. The molecular weight excluding hydrogens is 398 g/mol. The highest BCUT2D eigenvalue weighted by atomic mass is 79.9. The summed E-state index contributed by atoms with van der Waals surface area (Å²) in [6, 6.07) is 1.68. The van der Waals surface area contributed by atoms with E-state index in [0.717, 1.165) is 23.7 Å². The molecule has 1 amide bonds. The number of amides is 1. The van der Waals surface area contributed by atoms with E-state index < -0.39 is 0 Å². The SMILES string of the molecule is O=C(NCCCc1nc2c(s1)CCCC2)c1cc(Br)cnc1Cl. The number of nitrogens with zero attached hydrogens (tertiary/aromatic N) is 2. The summed E-state index contributed by atoms with van der Waals surface area (Å²) >= 11 is 11.1. The van der Waals surface area contributed by atoms with Crippen LogP contribution in [0.3, 0.4) is 0 Å². The lowest BCUT2D eigenvalue weighted by molar-refractivity contribution is 0.0953. The van der Waals surface area contributed by atoms with Crippen LogP contribution in [0.25, 0.3) is 0 Å². The standard InChI is InChI=1S/C16H17BrClN3OS/c17-10-8-11(15(18)20-9-10)16(22)19-7-3-6-14-21-12-4-1-2-5-13(12)23-14/h8-9H,1-7H2,(H,19,22). The maximum Gasteiger partial charge on any atom is 0.254 e. The number of aryl methyl sites for hydroxylation is 3. The van der Waals surface area contributed by atoms with Gasteiger partial charge in [-0.15, -0.1) is 11.3 Å². The van der Waals surface area contributed by atoms with Gasteiger partial charge in [0, 0.05) is 28.5 Å². The maximum absolute atomic E-state index is 12.1. The molecule has 0 atom stereocenters. The molecule has 0 spiro atoms. The Balaban J connectivity index is 1.48. The fourth-order valence-electron chi connectivity index (χ4n) is 2.63. The molecule has 3 rings (SSSR count). The Morgan fingerprint density at radius 1 is 1.39 bits per heavy atom. The molecule has 0 unspecified atom stereocenters. The Labute approximate surface area is 152 Å². The van der Waals surface area contributed by atoms with Gasteiger partial charge in [-0.1, -0.05) is 11.6 Å². The van der Waals surface area contributed by atoms with Crippen molar-refractivity contribution >= 4 is 44.8 Å². The Morgan fingerprint density at radius 2 is 2.22 bits per heavy atom. The minimum absolute atomic E-state index is 0.192. The van der Waals surface area contributed by atoms with Crippen LogP contribution in [0.1, 0.15) is 45.2 Å². The molecule has 2 heterocycles. The second-order valence-electron chi connectivity index (χ2n) is 5.54. The number of thiazole rings is 1. The normalized spacial score (nSPS) is 13.7. The molecular formula is C16H17BrClN3OS. The zero-order valence-corrected chi connectivity index (χ0v) is 15.7. The van der Waals surface area contributed by atoms with Gasteiger partial charge in [0.25, 0.3) is 5.91 Å². The first-order chi connectivity index (χ1) is 11.1. The zero-order chi connectivity index (χ0) is 16.2. The molecule has 0 saturated carbocycles. The second kappa shape index (κ2) is 7.73. The van der Waals surface area contributed by atoms with Gasteiger partial charge in [0.1, 0.15) is 5.15 Å². The molecule has 0 radical (unpaired) electrons. The summed E-state index contributed by atoms with van der Waals surface area (Å²) in [7, 11) is 0. The first-order valence-corrected chi connectivity index (χ1v) is 9.69. The lowest BCUT2D eigenvalue weighted by Crippen LogP contribution is -2.25. The van der Waals surface area contributed by atoms with E-state index >= 15 is 0 Å². The van der Waals surface area contributed by atoms with Crippen LogP contribution in [0.15, 0.2) is 16.7 Å². The molecule has 122 valence electrons. The van der Waals surface area contributed by atoms with E-state index in [1.165, 1.54) is 34.8 Å². The summed E-state index contributed by atoms with van der Waals surface area (Å²) in [4.78, 5) is 22.3. The van der Waals surface area contributed by atoms with Gasteiger partial charge >= 0.3 is 0 Å². The number of hydrogen-bond acceptors (Lipinski definition) is 4. The Hall–Kier alpha value is -0.980. The molecule has 4 nitrogen and oxygen atoms in total. The molecule has 2 aromatic rings. The van der Waals surface area contributed by atoms with Gasteiger partial charge in [-0.2, -0.15) is 0 Å². The van der Waals surface area contributed by atoms with E-state index in [1.807, 2.05) is 11.3 Å². The lowest BCUT2D eigenvalue weighted by atomic mass is 10.0. The zero-order valence-electron chi connectivity index (χ0n) is 12.6. The fourth-order valence-corrected chi connectivity index (χ4v) is 4.35. The Bertz CT molecular complexity index is 696. The fraction of sp³-hybridized carbons (Fsp3) is 0.438. The highest BCUT2D eigenvalue weighted by Gasteiger charge is 2.15. The highest BCUT2D eigenvalue weighted by molar-refractivity contribution is 9.10. The molecule has 1 N–H and O–H groups in total. The van der Waals surface area contributed by atoms with Crippen LogP contribution < -0.4 is 5.32 Å². The molecule has 0 aromatic carbocycles. The van der Waals surface area contributed by atoms with Crippen molar-refractivity contribution in [1.82, 2.24) is 15.3 Å². The monoisotopic (exact) mass is 413 g/mol. The topological polar surface area (TPSA) is 54.9 Å². The van der Waals surface area contributed by atoms with Crippen molar-refractivity contribution < 1.29 is 4.79 Å². The predicted molar refractivity (Wildman–Crippen MR) is 96.4 cm³/mol. The van der Waals surface area contributed by atoms with Gasteiger partial charge in [-0.25, -0.2) is 9.97 Å². The second-order valence-corrected chi connectivity index (χ2v) is 7.98. The first-order valence-electron chi connectivity index (χ1n) is 7.70. The third kappa shape index (κ3) is 4.31. The molecule has 0 aliphatic heterocycles. The van der Waals surface area contributed by atoms with Gasteiger partial charge in [0.05, 0.1) is 16.3 Å². The van der Waals surface area contributed by atoms with Gasteiger partial charge in [-0.3, -0.25) is 4.79 Å². The molecule has 2 aromatic heterocycles. The molecule has 0 bridgehead atoms. The van der Waals surface area contributed by atoms with Crippen LogP contribution in [0.5, 0.6) is 0 Å². The number of pyridine rings is 1. The molecule has 0 fully saturated rings. The van der Waals surface area contributed by atoms with Gasteiger partial charge < -0.3 is 5.32 Å². The number of carbonyl (C=O) groups is 1. The van der Waals surface area contributed by atoms with E-state index in [-0.39, 0.29) is 11.1 Å². The van der Waals surface area contributed by atoms with Crippen LogP contribution in [0.2, 0.25) is 5.15 Å². The number of nitrogens with one attached hydrogen (secondary N) is 1. The van der Waals surface area contributed by atoms with Gasteiger partial charge in [0.2, 0.25) is 0 Å². The van der Waals surface area contributed by atoms with Crippen molar-refractivity contribution in [2.24, 2.45) is 0 Å². The van der Waals surface area contributed by atoms with Crippen LogP contribution >= 0.6 is 38.9 Å². The summed E-state index contributed by atoms with van der Waals surface area (Å²) in [6.45, 7) is 0.603. The van der Waals surface area contributed by atoms with E-state index in [4.69, 9.17) is 16.6 Å².